The van der Waals surface area contributed by atoms with Crippen molar-refractivity contribution in [2.24, 2.45) is 21.7 Å². The summed E-state index contributed by atoms with van der Waals surface area (Å²) in [5.74, 6) is 0.737. The number of amides is 1. The molecule has 23 heavy (non-hydrogen) atoms. The predicted molar refractivity (Wildman–Crippen MR) is 89.8 cm³/mol. The number of ether oxygens (including phenoxy) is 2. The van der Waals surface area contributed by atoms with Crippen molar-refractivity contribution >= 4 is 18.1 Å². The summed E-state index contributed by atoms with van der Waals surface area (Å²) >= 11 is 0. The molecular formula is C15H23N5O3. The van der Waals surface area contributed by atoms with Crippen LogP contribution in [0, 0.1) is 0 Å². The summed E-state index contributed by atoms with van der Waals surface area (Å²) in [5.41, 5.74) is 11.1. The molecule has 1 rings (SSSR count). The molecule has 0 unspecified atom stereocenters. The van der Waals surface area contributed by atoms with Crippen LogP contribution in [0.4, 0.5) is 0 Å². The van der Waals surface area contributed by atoms with E-state index in [1.807, 2.05) is 6.92 Å². The number of hydrogen-bond donors (Lipinski definition) is 2. The van der Waals surface area contributed by atoms with E-state index in [9.17, 15) is 4.79 Å². The molecule has 0 spiro atoms. The maximum absolute atomic E-state index is 11.9. The molecule has 0 saturated carbocycles. The molecule has 0 bridgehead atoms. The lowest BCUT2D eigenvalue weighted by Gasteiger charge is -2.20. The first-order valence-corrected chi connectivity index (χ1v) is 7.11. The second kappa shape index (κ2) is 8.62. The Morgan fingerprint density at radius 1 is 1.35 bits per heavy atom. The Morgan fingerprint density at radius 2 is 2.04 bits per heavy atom. The van der Waals surface area contributed by atoms with E-state index in [0.717, 1.165) is 5.56 Å². The monoisotopic (exact) mass is 321 g/mol. The van der Waals surface area contributed by atoms with Gasteiger partial charge in [-0.05, 0) is 37.6 Å². The Hall–Kier alpha value is -2.77. The molecule has 0 aliphatic heterocycles. The van der Waals surface area contributed by atoms with Crippen LogP contribution in [0.5, 0.6) is 11.5 Å². The van der Waals surface area contributed by atoms with Gasteiger partial charge in [0.05, 0.1) is 12.8 Å². The molecule has 0 heterocycles. The van der Waals surface area contributed by atoms with E-state index in [2.05, 4.69) is 10.2 Å². The normalized spacial score (nSPS) is 11.8. The van der Waals surface area contributed by atoms with E-state index in [1.165, 1.54) is 11.1 Å². The van der Waals surface area contributed by atoms with E-state index in [1.54, 1.807) is 39.2 Å². The molecule has 8 nitrogen and oxygen atoms in total. The van der Waals surface area contributed by atoms with Crippen molar-refractivity contribution in [2.45, 2.75) is 20.0 Å². The Labute approximate surface area is 135 Å². The van der Waals surface area contributed by atoms with Crippen LogP contribution in [-0.2, 0) is 4.79 Å². The van der Waals surface area contributed by atoms with Gasteiger partial charge in [0.2, 0.25) is 5.96 Å². The third kappa shape index (κ3) is 5.85. The molecule has 0 aromatic heterocycles. The number of guanidine groups is 1. The molecule has 8 heteroatoms. The maximum Gasteiger partial charge on any atom is 0.262 e. The Morgan fingerprint density at radius 3 is 2.61 bits per heavy atom. The van der Waals surface area contributed by atoms with Crippen LogP contribution in [0.3, 0.4) is 0 Å². The van der Waals surface area contributed by atoms with Gasteiger partial charge in [-0.15, -0.1) is 5.10 Å². The van der Waals surface area contributed by atoms with Gasteiger partial charge < -0.3 is 25.8 Å². The molecule has 1 amide bonds. The lowest BCUT2D eigenvalue weighted by Crippen LogP contribution is -2.35. The lowest BCUT2D eigenvalue weighted by molar-refractivity contribution is -0.135. The molecule has 4 N–H and O–H groups in total. The van der Waals surface area contributed by atoms with Crippen molar-refractivity contribution in [2.75, 3.05) is 20.7 Å². The number of hydrogen-bond acceptors (Lipinski definition) is 5. The van der Waals surface area contributed by atoms with Crippen LogP contribution in [0.15, 0.2) is 28.4 Å². The summed E-state index contributed by atoms with van der Waals surface area (Å²) in [5, 5.41) is 7.27. The standard InChI is InChI=1S/C15H23N5O3/c1-5-22-13-8-11(9-18-19-15(16)17)6-7-12(13)23-10(2)14(21)20(3)4/h6-10H,5H2,1-4H3,(H4,16,17,19)/b18-9+/t10-/m0/s1. The zero-order valence-corrected chi connectivity index (χ0v) is 13.8. The number of nitrogens with zero attached hydrogens (tertiary/aromatic N) is 3. The molecule has 0 aliphatic rings. The fourth-order valence-corrected chi connectivity index (χ4v) is 1.74. The van der Waals surface area contributed by atoms with Crippen molar-refractivity contribution in [1.82, 2.24) is 4.90 Å². The van der Waals surface area contributed by atoms with Gasteiger partial charge in [0.25, 0.3) is 5.91 Å². The van der Waals surface area contributed by atoms with Gasteiger partial charge in [-0.25, -0.2) is 0 Å². The largest absolute Gasteiger partial charge is 0.490 e. The van der Waals surface area contributed by atoms with Gasteiger partial charge in [-0.3, -0.25) is 4.79 Å². The van der Waals surface area contributed by atoms with Gasteiger partial charge in [-0.1, -0.05) is 0 Å². The maximum atomic E-state index is 11.9. The topological polar surface area (TPSA) is 116 Å². The average molecular weight is 321 g/mol. The summed E-state index contributed by atoms with van der Waals surface area (Å²) in [7, 11) is 3.35. The third-order valence-corrected chi connectivity index (χ3v) is 2.74. The van der Waals surface area contributed by atoms with E-state index >= 15 is 0 Å². The van der Waals surface area contributed by atoms with E-state index in [0.29, 0.717) is 18.1 Å². The van der Waals surface area contributed by atoms with Gasteiger partial charge in [-0.2, -0.15) is 5.10 Å². The fourth-order valence-electron chi connectivity index (χ4n) is 1.74. The molecule has 0 fully saturated rings. The molecule has 1 aromatic rings. The van der Waals surface area contributed by atoms with Crippen molar-refractivity contribution in [3.8, 4) is 11.5 Å². The van der Waals surface area contributed by atoms with Gasteiger partial charge in [0.1, 0.15) is 0 Å². The average Bonchev–Trinajstić information content (AvgIpc) is 2.48. The summed E-state index contributed by atoms with van der Waals surface area (Å²) in [6, 6.07) is 5.20. The Kier molecular flexibility index (Phi) is 6.85. The smallest absolute Gasteiger partial charge is 0.262 e. The summed E-state index contributed by atoms with van der Waals surface area (Å²) in [4.78, 5) is 13.4. The lowest BCUT2D eigenvalue weighted by atomic mass is 10.2. The molecule has 126 valence electrons. The number of benzene rings is 1. The molecule has 1 atom stereocenters. The predicted octanol–water partition coefficient (Wildman–Crippen LogP) is 0.548. The first-order chi connectivity index (χ1) is 10.8. The number of carbonyl (C=O) groups is 1. The first kappa shape index (κ1) is 18.3. The molecule has 0 aliphatic carbocycles. The molecule has 0 saturated heterocycles. The van der Waals surface area contributed by atoms with Crippen LogP contribution >= 0.6 is 0 Å². The van der Waals surface area contributed by atoms with Crippen molar-refractivity contribution in [3.05, 3.63) is 23.8 Å². The van der Waals surface area contributed by atoms with Crippen molar-refractivity contribution < 1.29 is 14.3 Å². The summed E-state index contributed by atoms with van der Waals surface area (Å²) < 4.78 is 11.2. The van der Waals surface area contributed by atoms with Crippen LogP contribution in [0.2, 0.25) is 0 Å². The second-order valence-corrected chi connectivity index (χ2v) is 4.90. The van der Waals surface area contributed by atoms with Crippen molar-refractivity contribution in [3.63, 3.8) is 0 Å². The highest BCUT2D eigenvalue weighted by atomic mass is 16.5. The number of likely N-dealkylation sites (N-methyl/N-ethyl adjacent to an activating group) is 1. The number of carbonyl (C=O) groups excluding carboxylic acids is 1. The first-order valence-electron chi connectivity index (χ1n) is 7.11. The zero-order chi connectivity index (χ0) is 17.4. The van der Waals surface area contributed by atoms with E-state index in [-0.39, 0.29) is 11.9 Å². The Balaban J connectivity index is 2.98. The molecular weight excluding hydrogens is 298 g/mol. The Bertz CT molecular complexity index is 595. The van der Waals surface area contributed by atoms with Crippen LogP contribution in [0.25, 0.3) is 0 Å². The fraction of sp³-hybridized carbons (Fsp3) is 0.400. The van der Waals surface area contributed by atoms with Crippen LogP contribution < -0.4 is 20.9 Å². The second-order valence-electron chi connectivity index (χ2n) is 4.90. The zero-order valence-electron chi connectivity index (χ0n) is 13.8. The highest BCUT2D eigenvalue weighted by molar-refractivity contribution is 5.83. The molecule has 1 aromatic carbocycles. The highest BCUT2D eigenvalue weighted by Crippen LogP contribution is 2.29. The number of nitrogens with two attached hydrogens (primary N) is 2. The summed E-state index contributed by atoms with van der Waals surface area (Å²) in [6.07, 6.45) is 0.866. The van der Waals surface area contributed by atoms with Crippen LogP contribution in [0.1, 0.15) is 19.4 Å². The van der Waals surface area contributed by atoms with Gasteiger partial charge in [0, 0.05) is 14.1 Å². The summed E-state index contributed by atoms with van der Waals surface area (Å²) in [6.45, 7) is 4.01. The van der Waals surface area contributed by atoms with E-state index in [4.69, 9.17) is 20.9 Å². The van der Waals surface area contributed by atoms with Gasteiger partial charge >= 0.3 is 0 Å². The SMILES string of the molecule is CCOc1cc(/C=N/N=C(N)N)ccc1O[C@@H](C)C(=O)N(C)C. The minimum atomic E-state index is -0.620. The minimum Gasteiger partial charge on any atom is -0.490 e. The number of rotatable bonds is 7. The highest BCUT2D eigenvalue weighted by Gasteiger charge is 2.18. The van der Waals surface area contributed by atoms with Gasteiger partial charge in [0.15, 0.2) is 17.6 Å². The van der Waals surface area contributed by atoms with E-state index < -0.39 is 6.10 Å². The third-order valence-electron chi connectivity index (χ3n) is 2.74. The van der Waals surface area contributed by atoms with Crippen LogP contribution in [-0.4, -0.2) is 49.8 Å². The van der Waals surface area contributed by atoms with Crippen molar-refractivity contribution in [1.29, 1.82) is 0 Å². The quantitative estimate of drug-likeness (QED) is 0.432. The molecule has 0 radical (unpaired) electrons. The minimum absolute atomic E-state index is 0.123.